The summed E-state index contributed by atoms with van der Waals surface area (Å²) in [6.07, 6.45) is 0. The molecule has 0 fully saturated rings. The number of halogens is 1. The lowest BCUT2D eigenvalue weighted by molar-refractivity contribution is 0.259. The fourth-order valence-electron chi connectivity index (χ4n) is 0.850. The molecule has 0 radical (unpaired) electrons. The molecule has 0 atom stereocenters. The first-order chi connectivity index (χ1) is 6.13. The molecule has 0 aromatic heterocycles. The molecule has 0 unspecified atom stereocenters. The molecule has 0 bridgehead atoms. The van der Waals surface area contributed by atoms with E-state index in [1.807, 2.05) is 6.07 Å². The van der Waals surface area contributed by atoms with Crippen LogP contribution in [0, 0.1) is 11.3 Å². The van der Waals surface area contributed by atoms with Crippen molar-refractivity contribution in [1.29, 1.82) is 5.26 Å². The second-order valence-corrected chi connectivity index (χ2v) is 2.73. The van der Waals surface area contributed by atoms with E-state index in [1.165, 1.54) is 12.1 Å². The summed E-state index contributed by atoms with van der Waals surface area (Å²) in [5.74, 6) is 0. The van der Waals surface area contributed by atoms with Gasteiger partial charge in [-0.3, -0.25) is 0 Å². The Hall–Kier alpha value is -1.73. The number of rotatable bonds is 1. The van der Waals surface area contributed by atoms with Gasteiger partial charge in [0, 0.05) is 5.02 Å². The summed E-state index contributed by atoms with van der Waals surface area (Å²) in [6, 6.07) is 5.71. The third-order valence-corrected chi connectivity index (χ3v) is 1.60. The van der Waals surface area contributed by atoms with Crippen LogP contribution in [-0.4, -0.2) is 6.03 Å². The van der Waals surface area contributed by atoms with E-state index >= 15 is 0 Å². The van der Waals surface area contributed by atoms with Crippen molar-refractivity contribution in [1.82, 2.24) is 0 Å². The molecular weight excluding hydrogens is 190 g/mol. The molecule has 0 saturated carbocycles. The van der Waals surface area contributed by atoms with Crippen LogP contribution >= 0.6 is 11.6 Å². The lowest BCUT2D eigenvalue weighted by Crippen LogP contribution is -2.19. The molecule has 1 aromatic carbocycles. The second kappa shape index (κ2) is 3.78. The Labute approximate surface area is 79.9 Å². The number of nitriles is 1. The lowest BCUT2D eigenvalue weighted by Gasteiger charge is -2.03. The van der Waals surface area contributed by atoms with Gasteiger partial charge in [0.05, 0.1) is 11.3 Å². The number of carbonyl (C=O) groups is 1. The minimum absolute atomic E-state index is 0.322. The molecule has 0 spiro atoms. The van der Waals surface area contributed by atoms with Crippen LogP contribution in [0.2, 0.25) is 5.02 Å². The minimum atomic E-state index is -0.723. The van der Waals surface area contributed by atoms with Crippen LogP contribution in [0.4, 0.5) is 10.5 Å². The zero-order valence-corrected chi connectivity index (χ0v) is 7.30. The van der Waals surface area contributed by atoms with Crippen LogP contribution in [0.3, 0.4) is 0 Å². The predicted molar refractivity (Wildman–Crippen MR) is 49.4 cm³/mol. The van der Waals surface area contributed by atoms with E-state index < -0.39 is 6.03 Å². The molecule has 1 aromatic rings. The smallest absolute Gasteiger partial charge is 0.316 e. The van der Waals surface area contributed by atoms with Gasteiger partial charge in [0.15, 0.2) is 0 Å². The summed E-state index contributed by atoms with van der Waals surface area (Å²) in [4.78, 5) is 10.5. The number of hydrogen-bond donors (Lipinski definition) is 2. The third-order valence-electron chi connectivity index (χ3n) is 1.36. The fraction of sp³-hybridized carbons (Fsp3) is 0. The number of nitrogens with zero attached hydrogens (tertiary/aromatic N) is 1. The van der Waals surface area contributed by atoms with Gasteiger partial charge in [-0.15, -0.1) is 0 Å². The number of nitrogens with two attached hydrogens (primary N) is 1. The number of nitrogens with one attached hydrogen (secondary N) is 1. The van der Waals surface area contributed by atoms with E-state index in [0.29, 0.717) is 16.3 Å². The molecule has 1 rings (SSSR count). The second-order valence-electron chi connectivity index (χ2n) is 2.29. The molecular formula is C8H6ClN3O. The summed E-state index contributed by atoms with van der Waals surface area (Å²) in [7, 11) is 0. The number of benzene rings is 1. The molecule has 0 aliphatic rings. The Morgan fingerprint density at radius 2 is 2.31 bits per heavy atom. The first-order valence-electron chi connectivity index (χ1n) is 3.39. The van der Waals surface area contributed by atoms with Gasteiger partial charge < -0.3 is 11.1 Å². The van der Waals surface area contributed by atoms with Gasteiger partial charge in [-0.25, -0.2) is 4.79 Å². The summed E-state index contributed by atoms with van der Waals surface area (Å²) in [5, 5.41) is 11.4. The Bertz CT molecular complexity index is 383. The highest BCUT2D eigenvalue weighted by Gasteiger charge is 2.03. The van der Waals surface area contributed by atoms with E-state index in [4.69, 9.17) is 22.6 Å². The van der Waals surface area contributed by atoms with Gasteiger partial charge in [0.2, 0.25) is 0 Å². The zero-order chi connectivity index (χ0) is 9.84. The molecule has 3 N–H and O–H groups in total. The van der Waals surface area contributed by atoms with Gasteiger partial charge >= 0.3 is 6.03 Å². The van der Waals surface area contributed by atoms with Crippen molar-refractivity contribution >= 4 is 23.3 Å². The average molecular weight is 196 g/mol. The SMILES string of the molecule is N#Cc1ccc(Cl)cc1NC(N)=O. The summed E-state index contributed by atoms with van der Waals surface area (Å²) in [6.45, 7) is 0. The zero-order valence-electron chi connectivity index (χ0n) is 6.54. The Balaban J connectivity index is 3.10. The first kappa shape index (κ1) is 9.36. The van der Waals surface area contributed by atoms with Crippen molar-refractivity contribution < 1.29 is 4.79 Å². The van der Waals surface area contributed by atoms with E-state index in [0.717, 1.165) is 0 Å². The molecule has 0 aliphatic carbocycles. The Kier molecular flexibility index (Phi) is 2.72. The summed E-state index contributed by atoms with van der Waals surface area (Å²) >= 11 is 5.66. The molecule has 4 nitrogen and oxygen atoms in total. The highest BCUT2D eigenvalue weighted by Crippen LogP contribution is 2.19. The monoisotopic (exact) mass is 195 g/mol. The van der Waals surface area contributed by atoms with Crippen molar-refractivity contribution in [3.05, 3.63) is 28.8 Å². The van der Waals surface area contributed by atoms with Crippen LogP contribution in [-0.2, 0) is 0 Å². The number of hydrogen-bond acceptors (Lipinski definition) is 2. The van der Waals surface area contributed by atoms with Gasteiger partial charge in [-0.05, 0) is 18.2 Å². The van der Waals surface area contributed by atoms with Crippen LogP contribution in [0.25, 0.3) is 0 Å². The number of urea groups is 1. The van der Waals surface area contributed by atoms with Crippen LogP contribution < -0.4 is 11.1 Å². The molecule has 0 heterocycles. The van der Waals surface area contributed by atoms with Crippen LogP contribution in [0.1, 0.15) is 5.56 Å². The van der Waals surface area contributed by atoms with E-state index in [9.17, 15) is 4.79 Å². The van der Waals surface area contributed by atoms with Gasteiger partial charge in [0.1, 0.15) is 6.07 Å². The van der Waals surface area contributed by atoms with Crippen molar-refractivity contribution in [2.24, 2.45) is 5.73 Å². The normalized spacial score (nSPS) is 8.92. The highest BCUT2D eigenvalue weighted by atomic mass is 35.5. The topological polar surface area (TPSA) is 78.9 Å². The number of carbonyl (C=O) groups excluding carboxylic acids is 1. The molecule has 13 heavy (non-hydrogen) atoms. The highest BCUT2D eigenvalue weighted by molar-refractivity contribution is 6.31. The predicted octanol–water partition coefficient (Wildman–Crippen LogP) is 1.70. The van der Waals surface area contributed by atoms with Gasteiger partial charge in [-0.1, -0.05) is 11.6 Å². The van der Waals surface area contributed by atoms with Crippen LogP contribution in [0.15, 0.2) is 18.2 Å². The maximum atomic E-state index is 10.5. The van der Waals surface area contributed by atoms with E-state index in [1.54, 1.807) is 6.07 Å². The van der Waals surface area contributed by atoms with Gasteiger partial charge in [-0.2, -0.15) is 5.26 Å². The third kappa shape index (κ3) is 2.36. The lowest BCUT2D eigenvalue weighted by atomic mass is 10.2. The van der Waals surface area contributed by atoms with Crippen molar-refractivity contribution in [2.45, 2.75) is 0 Å². The quantitative estimate of drug-likeness (QED) is 0.715. The number of primary amides is 1. The van der Waals surface area contributed by atoms with Crippen molar-refractivity contribution in [3.63, 3.8) is 0 Å². The molecule has 5 heteroatoms. The molecule has 0 saturated heterocycles. The molecule has 2 amide bonds. The molecule has 66 valence electrons. The van der Waals surface area contributed by atoms with Crippen molar-refractivity contribution in [3.8, 4) is 6.07 Å². The molecule has 0 aliphatic heterocycles. The standard InChI is InChI=1S/C8H6ClN3O/c9-6-2-1-5(4-10)7(3-6)12-8(11)13/h1-3H,(H3,11,12,13). The Morgan fingerprint density at radius 3 is 2.85 bits per heavy atom. The van der Waals surface area contributed by atoms with Crippen LogP contribution in [0.5, 0.6) is 0 Å². The fourth-order valence-corrected chi connectivity index (χ4v) is 1.02. The van der Waals surface area contributed by atoms with Gasteiger partial charge in [0.25, 0.3) is 0 Å². The minimum Gasteiger partial charge on any atom is -0.351 e. The maximum absolute atomic E-state index is 10.5. The van der Waals surface area contributed by atoms with Crippen molar-refractivity contribution in [2.75, 3.05) is 5.32 Å². The Morgan fingerprint density at radius 1 is 1.62 bits per heavy atom. The average Bonchev–Trinajstić information content (AvgIpc) is 2.03. The maximum Gasteiger partial charge on any atom is 0.316 e. The summed E-state index contributed by atoms with van der Waals surface area (Å²) < 4.78 is 0. The number of anilines is 1. The largest absolute Gasteiger partial charge is 0.351 e. The summed E-state index contributed by atoms with van der Waals surface area (Å²) in [5.41, 5.74) is 5.54. The van der Waals surface area contributed by atoms with E-state index in [-0.39, 0.29) is 0 Å². The van der Waals surface area contributed by atoms with E-state index in [2.05, 4.69) is 5.32 Å². The first-order valence-corrected chi connectivity index (χ1v) is 3.77. The number of amides is 2.